The van der Waals surface area contributed by atoms with Gasteiger partial charge in [0.25, 0.3) is 0 Å². The number of hydrogen-bond donors (Lipinski definition) is 2. The van der Waals surface area contributed by atoms with Crippen LogP contribution in [0.5, 0.6) is 17.2 Å². The number of carbonyl (C=O) groups is 1. The fraction of sp³-hybridized carbons (Fsp3) is 0.345. The Kier molecular flexibility index (Phi) is 7.24. The highest BCUT2D eigenvalue weighted by atomic mass is 16.5. The van der Waals surface area contributed by atoms with E-state index in [9.17, 15) is 10.1 Å². The molecule has 37 heavy (non-hydrogen) atoms. The minimum atomic E-state index is -0.152. The van der Waals surface area contributed by atoms with Gasteiger partial charge in [-0.3, -0.25) is 9.55 Å². The average molecular weight is 498 g/mol. The second kappa shape index (κ2) is 10.9. The highest BCUT2D eigenvalue weighted by Crippen LogP contribution is 2.34. The van der Waals surface area contributed by atoms with E-state index in [1.807, 2.05) is 44.2 Å². The van der Waals surface area contributed by atoms with E-state index >= 15 is 0 Å². The maximum atomic E-state index is 12.6. The number of nitrogens with one attached hydrogen (secondary N) is 2. The summed E-state index contributed by atoms with van der Waals surface area (Å²) in [6.07, 6.45) is 6.46. The number of amides is 1. The van der Waals surface area contributed by atoms with Crippen LogP contribution in [0, 0.1) is 17.2 Å². The molecule has 1 amide bonds. The second-order valence-electron chi connectivity index (χ2n) is 9.56. The van der Waals surface area contributed by atoms with Crippen molar-refractivity contribution in [1.29, 1.82) is 5.26 Å². The van der Waals surface area contributed by atoms with E-state index in [2.05, 4.69) is 21.7 Å². The largest absolute Gasteiger partial charge is 0.492 e. The van der Waals surface area contributed by atoms with Gasteiger partial charge in [-0.25, -0.2) is 4.79 Å². The minimum Gasteiger partial charge on any atom is -0.492 e. The summed E-state index contributed by atoms with van der Waals surface area (Å²) in [6.45, 7) is 6.61. The van der Waals surface area contributed by atoms with Crippen molar-refractivity contribution in [2.24, 2.45) is 5.92 Å². The molecule has 5 rings (SSSR count). The van der Waals surface area contributed by atoms with E-state index in [0.717, 1.165) is 48.6 Å². The van der Waals surface area contributed by atoms with Crippen LogP contribution in [0.1, 0.15) is 38.7 Å². The Morgan fingerprint density at radius 2 is 2.05 bits per heavy atom. The third-order valence-corrected chi connectivity index (χ3v) is 6.95. The van der Waals surface area contributed by atoms with Gasteiger partial charge in [0.15, 0.2) is 0 Å². The molecule has 0 radical (unpaired) electrons. The lowest BCUT2D eigenvalue weighted by atomic mass is 9.99. The zero-order valence-electron chi connectivity index (χ0n) is 21.2. The molecule has 0 aliphatic carbocycles. The molecule has 190 valence electrons. The molecule has 1 aliphatic rings. The van der Waals surface area contributed by atoms with Gasteiger partial charge in [-0.15, -0.1) is 0 Å². The van der Waals surface area contributed by atoms with Crippen molar-refractivity contribution in [3.8, 4) is 23.3 Å². The number of rotatable bonds is 7. The molecule has 1 saturated heterocycles. The minimum absolute atomic E-state index is 0.0984. The molecular weight excluding hydrogens is 466 g/mol. The molecule has 2 aromatic carbocycles. The zero-order valence-corrected chi connectivity index (χ0v) is 21.2. The number of piperidine rings is 1. The maximum absolute atomic E-state index is 12.6. The topological polar surface area (TPSA) is 101 Å². The lowest BCUT2D eigenvalue weighted by molar-refractivity contribution is 0.215. The van der Waals surface area contributed by atoms with Crippen LogP contribution in [-0.2, 0) is 0 Å². The number of benzene rings is 2. The standard InChI is InChI=1S/C29H31N5O3/c1-3-19(2)33-29(35)34-13-9-21-14-23(4-5-26(21)34)37-27-8-12-32-25-16-28(22(17-30)15-24(25)27)36-18-20-6-10-31-11-7-20/h4-5,8-9,12-16,19-20,31H,3,6-7,10-11,18H2,1-2H3,(H,33,35). The second-order valence-corrected chi connectivity index (χ2v) is 9.56. The Morgan fingerprint density at radius 1 is 1.22 bits per heavy atom. The van der Waals surface area contributed by atoms with Gasteiger partial charge in [0.2, 0.25) is 0 Å². The summed E-state index contributed by atoms with van der Waals surface area (Å²) in [4.78, 5) is 17.1. The van der Waals surface area contributed by atoms with E-state index in [1.54, 1.807) is 29.1 Å². The molecule has 1 atom stereocenters. The first-order valence-corrected chi connectivity index (χ1v) is 12.8. The van der Waals surface area contributed by atoms with Gasteiger partial charge < -0.3 is 20.1 Å². The number of fused-ring (bicyclic) bond motifs is 2. The Balaban J connectivity index is 1.38. The highest BCUT2D eigenvalue weighted by Gasteiger charge is 2.17. The van der Waals surface area contributed by atoms with Gasteiger partial charge in [0.05, 0.1) is 23.2 Å². The number of hydrogen-bond acceptors (Lipinski definition) is 6. The van der Waals surface area contributed by atoms with Crippen LogP contribution in [0.4, 0.5) is 4.79 Å². The predicted molar refractivity (Wildman–Crippen MR) is 143 cm³/mol. The SMILES string of the molecule is CCC(C)NC(=O)n1ccc2cc(Oc3ccnc4cc(OCC5CCNCC5)c(C#N)cc34)ccc21. The summed E-state index contributed by atoms with van der Waals surface area (Å²) in [5.41, 5.74) is 1.96. The maximum Gasteiger partial charge on any atom is 0.326 e. The van der Waals surface area contributed by atoms with Crippen molar-refractivity contribution < 1.29 is 14.3 Å². The smallest absolute Gasteiger partial charge is 0.326 e. The van der Waals surface area contributed by atoms with Gasteiger partial charge in [-0.2, -0.15) is 5.26 Å². The fourth-order valence-corrected chi connectivity index (χ4v) is 4.57. The fourth-order valence-electron chi connectivity index (χ4n) is 4.57. The first-order valence-electron chi connectivity index (χ1n) is 12.8. The van der Waals surface area contributed by atoms with Crippen LogP contribution in [0.25, 0.3) is 21.8 Å². The highest BCUT2D eigenvalue weighted by molar-refractivity contribution is 5.93. The van der Waals surface area contributed by atoms with Crippen LogP contribution in [0.2, 0.25) is 0 Å². The summed E-state index contributed by atoms with van der Waals surface area (Å²) in [6, 6.07) is 15.1. The Morgan fingerprint density at radius 3 is 2.84 bits per heavy atom. The molecule has 8 nitrogen and oxygen atoms in total. The molecule has 2 N–H and O–H groups in total. The number of nitriles is 1. The van der Waals surface area contributed by atoms with Crippen LogP contribution in [-0.4, -0.2) is 41.3 Å². The first kappa shape index (κ1) is 24.6. The van der Waals surface area contributed by atoms with Crippen molar-refractivity contribution in [3.05, 3.63) is 60.4 Å². The van der Waals surface area contributed by atoms with E-state index in [-0.39, 0.29) is 12.1 Å². The van der Waals surface area contributed by atoms with Crippen LogP contribution < -0.4 is 20.1 Å². The number of ether oxygens (including phenoxy) is 2. The molecule has 0 spiro atoms. The van der Waals surface area contributed by atoms with E-state index in [0.29, 0.717) is 40.9 Å². The van der Waals surface area contributed by atoms with Gasteiger partial charge in [0, 0.05) is 35.3 Å². The molecule has 2 aromatic heterocycles. The molecule has 8 heteroatoms. The lowest BCUT2D eigenvalue weighted by Crippen LogP contribution is -2.35. The third-order valence-electron chi connectivity index (χ3n) is 6.95. The van der Waals surface area contributed by atoms with Gasteiger partial charge >= 0.3 is 6.03 Å². The summed E-state index contributed by atoms with van der Waals surface area (Å²) in [5.74, 6) is 2.26. The number of pyridine rings is 1. The summed E-state index contributed by atoms with van der Waals surface area (Å²) in [5, 5.41) is 17.8. The van der Waals surface area contributed by atoms with E-state index < -0.39 is 0 Å². The molecule has 0 bridgehead atoms. The first-order chi connectivity index (χ1) is 18.1. The molecule has 1 aliphatic heterocycles. The molecule has 1 unspecified atom stereocenters. The Bertz CT molecular complexity index is 1470. The van der Waals surface area contributed by atoms with Gasteiger partial charge in [-0.05, 0) is 81.6 Å². The predicted octanol–water partition coefficient (Wildman–Crippen LogP) is 5.59. The zero-order chi connectivity index (χ0) is 25.8. The average Bonchev–Trinajstić information content (AvgIpc) is 3.35. The van der Waals surface area contributed by atoms with Crippen molar-refractivity contribution in [3.63, 3.8) is 0 Å². The molecular formula is C29H31N5O3. The van der Waals surface area contributed by atoms with Crippen LogP contribution >= 0.6 is 0 Å². The van der Waals surface area contributed by atoms with Crippen molar-refractivity contribution >= 4 is 27.8 Å². The van der Waals surface area contributed by atoms with E-state index in [4.69, 9.17) is 9.47 Å². The summed E-state index contributed by atoms with van der Waals surface area (Å²) >= 11 is 0. The number of aromatic nitrogens is 2. The third kappa shape index (κ3) is 5.37. The Hall–Kier alpha value is -4.09. The Labute approximate surface area is 216 Å². The lowest BCUT2D eigenvalue weighted by Gasteiger charge is -2.23. The number of carbonyl (C=O) groups excluding carboxylic acids is 1. The molecule has 1 fully saturated rings. The van der Waals surface area contributed by atoms with Gasteiger partial charge in [0.1, 0.15) is 23.3 Å². The monoisotopic (exact) mass is 497 g/mol. The van der Waals surface area contributed by atoms with Crippen molar-refractivity contribution in [2.45, 2.75) is 39.2 Å². The molecule has 3 heterocycles. The summed E-state index contributed by atoms with van der Waals surface area (Å²) < 4.78 is 13.9. The van der Waals surface area contributed by atoms with Gasteiger partial charge in [-0.1, -0.05) is 6.92 Å². The van der Waals surface area contributed by atoms with Crippen LogP contribution in [0.15, 0.2) is 54.9 Å². The molecule has 4 aromatic rings. The van der Waals surface area contributed by atoms with Crippen molar-refractivity contribution in [1.82, 2.24) is 20.2 Å². The van der Waals surface area contributed by atoms with Crippen LogP contribution in [0.3, 0.4) is 0 Å². The summed E-state index contributed by atoms with van der Waals surface area (Å²) in [7, 11) is 0. The normalized spacial score (nSPS) is 14.8. The number of nitrogens with zero attached hydrogens (tertiary/aromatic N) is 3. The van der Waals surface area contributed by atoms with Crippen molar-refractivity contribution in [2.75, 3.05) is 19.7 Å². The van der Waals surface area contributed by atoms with E-state index in [1.165, 1.54) is 0 Å². The molecule has 0 saturated carbocycles. The quantitative estimate of drug-likeness (QED) is 0.345.